The molecule has 1 aliphatic rings. The van der Waals surface area contributed by atoms with Gasteiger partial charge in [0.15, 0.2) is 0 Å². The maximum Gasteiger partial charge on any atom is 0.317 e. The van der Waals surface area contributed by atoms with E-state index >= 15 is 0 Å². The minimum atomic E-state index is -0.355. The third kappa shape index (κ3) is 5.87. The number of esters is 1. The zero-order chi connectivity index (χ0) is 14.1. The number of nitrogens with zero attached hydrogens (tertiary/aromatic N) is 2. The number of rotatable bonds is 6. The zero-order valence-corrected chi connectivity index (χ0v) is 11.4. The number of ether oxygens (including phenoxy) is 1. The Bertz CT molecular complexity index is 294. The van der Waals surface area contributed by atoms with Gasteiger partial charge >= 0.3 is 12.0 Å². The number of hydrogen-bond donors (Lipinski definition) is 1. The lowest BCUT2D eigenvalue weighted by Gasteiger charge is -2.34. The molecule has 0 aliphatic carbocycles. The summed E-state index contributed by atoms with van der Waals surface area (Å²) in [4.78, 5) is 26.5. The second-order valence-electron chi connectivity index (χ2n) is 4.30. The molecule has 1 aliphatic heterocycles. The van der Waals surface area contributed by atoms with E-state index in [-0.39, 0.29) is 31.6 Å². The summed E-state index contributed by atoms with van der Waals surface area (Å²) in [5, 5.41) is 2.68. The van der Waals surface area contributed by atoms with Crippen LogP contribution in [-0.4, -0.2) is 74.4 Å². The molecule has 0 aromatic rings. The molecule has 1 heterocycles. The predicted octanol–water partition coefficient (Wildman–Crippen LogP) is 0.236. The Morgan fingerprint density at radius 1 is 1.26 bits per heavy atom. The molecule has 0 unspecified atom stereocenters. The molecule has 6 nitrogen and oxygen atoms in total. The Labute approximate surface area is 112 Å². The Morgan fingerprint density at radius 2 is 1.95 bits per heavy atom. The van der Waals surface area contributed by atoms with Crippen LogP contribution in [0.15, 0.2) is 0 Å². The Kier molecular flexibility index (Phi) is 7.17. The van der Waals surface area contributed by atoms with Gasteiger partial charge in [-0.3, -0.25) is 9.69 Å². The summed E-state index contributed by atoms with van der Waals surface area (Å²) in [6.45, 7) is 5.00. The number of amides is 2. The van der Waals surface area contributed by atoms with Crippen molar-refractivity contribution < 1.29 is 18.7 Å². The fraction of sp³-hybridized carbons (Fsp3) is 0.833. The molecular weight excluding hydrogens is 253 g/mol. The molecule has 0 spiro atoms. The monoisotopic (exact) mass is 275 g/mol. The Balaban J connectivity index is 2.15. The van der Waals surface area contributed by atoms with E-state index in [1.807, 2.05) is 4.90 Å². The first kappa shape index (κ1) is 15.7. The van der Waals surface area contributed by atoms with Gasteiger partial charge in [-0.25, -0.2) is 9.18 Å². The molecule has 1 rings (SSSR count). The lowest BCUT2D eigenvalue weighted by atomic mass is 10.3. The normalized spacial score (nSPS) is 16.2. The molecule has 19 heavy (non-hydrogen) atoms. The molecule has 0 aromatic heterocycles. The van der Waals surface area contributed by atoms with Crippen molar-refractivity contribution in [3.8, 4) is 0 Å². The topological polar surface area (TPSA) is 61.9 Å². The second kappa shape index (κ2) is 8.68. The van der Waals surface area contributed by atoms with Gasteiger partial charge in [0.05, 0.1) is 13.0 Å². The van der Waals surface area contributed by atoms with E-state index in [1.165, 1.54) is 0 Å². The van der Waals surface area contributed by atoms with E-state index in [0.717, 1.165) is 0 Å². The molecular formula is C12H22FN3O3. The van der Waals surface area contributed by atoms with Gasteiger partial charge in [0.25, 0.3) is 0 Å². The number of carbonyl (C=O) groups excluding carboxylic acids is 2. The minimum absolute atomic E-state index is 0.177. The first-order valence-corrected chi connectivity index (χ1v) is 6.64. The number of halogens is 1. The molecule has 1 saturated heterocycles. The van der Waals surface area contributed by atoms with Crippen molar-refractivity contribution in [3.05, 3.63) is 0 Å². The van der Waals surface area contributed by atoms with Crippen LogP contribution in [0.2, 0.25) is 0 Å². The highest BCUT2D eigenvalue weighted by Crippen LogP contribution is 2.01. The largest absolute Gasteiger partial charge is 0.466 e. The number of piperazine rings is 1. The predicted molar refractivity (Wildman–Crippen MR) is 68.6 cm³/mol. The van der Waals surface area contributed by atoms with Gasteiger partial charge in [-0.05, 0) is 6.92 Å². The van der Waals surface area contributed by atoms with E-state index in [2.05, 4.69) is 5.32 Å². The number of nitrogens with one attached hydrogen (secondary N) is 1. The highest BCUT2D eigenvalue weighted by Gasteiger charge is 2.20. The highest BCUT2D eigenvalue weighted by molar-refractivity contribution is 5.75. The summed E-state index contributed by atoms with van der Waals surface area (Å²) >= 11 is 0. The summed E-state index contributed by atoms with van der Waals surface area (Å²) in [5.41, 5.74) is 0. The van der Waals surface area contributed by atoms with Crippen molar-refractivity contribution in [2.24, 2.45) is 0 Å². The van der Waals surface area contributed by atoms with Crippen LogP contribution in [-0.2, 0) is 9.53 Å². The summed E-state index contributed by atoms with van der Waals surface area (Å²) in [6.07, 6.45) is 0.182. The molecule has 2 amide bonds. The first-order chi connectivity index (χ1) is 9.17. The van der Waals surface area contributed by atoms with Crippen LogP contribution in [0.1, 0.15) is 13.3 Å². The maximum atomic E-state index is 12.2. The molecule has 0 saturated carbocycles. The molecule has 1 fully saturated rings. The van der Waals surface area contributed by atoms with Crippen LogP contribution in [0, 0.1) is 0 Å². The number of urea groups is 1. The van der Waals surface area contributed by atoms with Crippen molar-refractivity contribution >= 4 is 12.0 Å². The van der Waals surface area contributed by atoms with Crippen LogP contribution in [0.3, 0.4) is 0 Å². The van der Waals surface area contributed by atoms with E-state index in [9.17, 15) is 14.0 Å². The summed E-state index contributed by atoms with van der Waals surface area (Å²) < 4.78 is 16.9. The third-order valence-corrected chi connectivity index (χ3v) is 2.97. The summed E-state index contributed by atoms with van der Waals surface area (Å²) in [5.74, 6) is -0.310. The van der Waals surface area contributed by atoms with Crippen LogP contribution < -0.4 is 5.32 Å². The van der Waals surface area contributed by atoms with E-state index in [1.54, 1.807) is 11.8 Å². The lowest BCUT2D eigenvalue weighted by molar-refractivity contribution is -0.142. The van der Waals surface area contributed by atoms with Crippen LogP contribution >= 0.6 is 0 Å². The van der Waals surface area contributed by atoms with Crippen molar-refractivity contribution in [2.75, 3.05) is 52.6 Å². The van der Waals surface area contributed by atoms with Crippen molar-refractivity contribution in [3.63, 3.8) is 0 Å². The van der Waals surface area contributed by atoms with Gasteiger partial charge in [0, 0.05) is 39.3 Å². The second-order valence-corrected chi connectivity index (χ2v) is 4.30. The quantitative estimate of drug-likeness (QED) is 0.705. The molecule has 0 aromatic carbocycles. The summed E-state index contributed by atoms with van der Waals surface area (Å²) in [6, 6.07) is -0.177. The average Bonchev–Trinajstić information content (AvgIpc) is 2.40. The molecule has 110 valence electrons. The molecule has 1 N–H and O–H groups in total. The third-order valence-electron chi connectivity index (χ3n) is 2.97. The molecule has 0 radical (unpaired) electrons. The fourth-order valence-corrected chi connectivity index (χ4v) is 1.91. The standard InChI is InChI=1S/C12H22FN3O3/c1-2-19-11(17)3-5-14-12(18)16-9-7-15(6-4-13)8-10-16/h2-10H2,1H3,(H,14,18). The molecule has 0 bridgehead atoms. The van der Waals surface area contributed by atoms with Crippen molar-refractivity contribution in [1.82, 2.24) is 15.1 Å². The van der Waals surface area contributed by atoms with Crippen LogP contribution in [0.4, 0.5) is 9.18 Å². The maximum absolute atomic E-state index is 12.2. The van der Waals surface area contributed by atoms with Crippen molar-refractivity contribution in [2.45, 2.75) is 13.3 Å². The highest BCUT2D eigenvalue weighted by atomic mass is 19.1. The van der Waals surface area contributed by atoms with Gasteiger partial charge in [0.1, 0.15) is 6.67 Å². The van der Waals surface area contributed by atoms with E-state index in [0.29, 0.717) is 39.3 Å². The van der Waals surface area contributed by atoms with Gasteiger partial charge < -0.3 is 15.0 Å². The lowest BCUT2D eigenvalue weighted by Crippen LogP contribution is -2.52. The van der Waals surface area contributed by atoms with Gasteiger partial charge in [-0.2, -0.15) is 0 Å². The number of alkyl halides is 1. The van der Waals surface area contributed by atoms with Gasteiger partial charge in [0.2, 0.25) is 0 Å². The SMILES string of the molecule is CCOC(=O)CCNC(=O)N1CCN(CCF)CC1. The molecule has 7 heteroatoms. The minimum Gasteiger partial charge on any atom is -0.466 e. The smallest absolute Gasteiger partial charge is 0.317 e. The number of hydrogen-bond acceptors (Lipinski definition) is 4. The fourth-order valence-electron chi connectivity index (χ4n) is 1.91. The summed E-state index contributed by atoms with van der Waals surface area (Å²) in [7, 11) is 0. The van der Waals surface area contributed by atoms with Gasteiger partial charge in [-0.15, -0.1) is 0 Å². The Hall–Kier alpha value is -1.37. The van der Waals surface area contributed by atoms with Crippen molar-refractivity contribution in [1.29, 1.82) is 0 Å². The zero-order valence-electron chi connectivity index (χ0n) is 11.4. The van der Waals surface area contributed by atoms with E-state index in [4.69, 9.17) is 4.74 Å². The molecule has 0 atom stereocenters. The Morgan fingerprint density at radius 3 is 2.53 bits per heavy atom. The van der Waals surface area contributed by atoms with Crippen LogP contribution in [0.25, 0.3) is 0 Å². The first-order valence-electron chi connectivity index (χ1n) is 6.64. The average molecular weight is 275 g/mol. The number of carbonyl (C=O) groups is 2. The van der Waals surface area contributed by atoms with Gasteiger partial charge in [-0.1, -0.05) is 0 Å². The van der Waals surface area contributed by atoms with Crippen LogP contribution in [0.5, 0.6) is 0 Å². The van der Waals surface area contributed by atoms with E-state index < -0.39 is 0 Å².